The van der Waals surface area contributed by atoms with Crippen molar-refractivity contribution in [2.45, 2.75) is 37.5 Å². The second-order valence-electron chi connectivity index (χ2n) is 5.16. The number of aryl methyl sites for hydroxylation is 1. The van der Waals surface area contributed by atoms with Gasteiger partial charge in [0.1, 0.15) is 5.75 Å². The quantitative estimate of drug-likeness (QED) is 0.916. The fourth-order valence-corrected chi connectivity index (χ4v) is 3.15. The molecule has 1 aromatic rings. The summed E-state index contributed by atoms with van der Waals surface area (Å²) in [5.41, 5.74) is 2.98. The third-order valence-electron chi connectivity index (χ3n) is 4.00. The molecule has 0 amide bonds. The van der Waals surface area contributed by atoms with E-state index >= 15 is 0 Å². The molecule has 19 heavy (non-hydrogen) atoms. The zero-order chi connectivity index (χ0) is 13.6. The van der Waals surface area contributed by atoms with Crippen LogP contribution >= 0.6 is 0 Å². The van der Waals surface area contributed by atoms with Crippen LogP contribution in [0.1, 0.15) is 35.4 Å². The van der Waals surface area contributed by atoms with Gasteiger partial charge in [-0.15, -0.1) is 0 Å². The molecule has 1 N–H and O–H groups in total. The Balaban J connectivity index is 1.94. The highest BCUT2D eigenvalue weighted by Gasteiger charge is 2.43. The predicted octanol–water partition coefficient (Wildman–Crippen LogP) is 2.76. The van der Waals surface area contributed by atoms with Crippen molar-refractivity contribution in [3.05, 3.63) is 28.8 Å². The van der Waals surface area contributed by atoms with Crippen LogP contribution < -0.4 is 4.74 Å². The number of carbonyl (C=O) groups is 1. The SMILES string of the molecule is O=C(O)C(F)(F)CC1CCc2ccc3c(c21)CCO3. The summed E-state index contributed by atoms with van der Waals surface area (Å²) in [7, 11) is 0. The van der Waals surface area contributed by atoms with Gasteiger partial charge in [0.2, 0.25) is 0 Å². The normalized spacial score (nSPS) is 20.8. The van der Waals surface area contributed by atoms with E-state index in [1.165, 1.54) is 0 Å². The maximum absolute atomic E-state index is 13.4. The lowest BCUT2D eigenvalue weighted by Gasteiger charge is -2.19. The Hall–Kier alpha value is -1.65. The third kappa shape index (κ3) is 1.97. The molecule has 0 radical (unpaired) electrons. The van der Waals surface area contributed by atoms with Crippen molar-refractivity contribution in [1.29, 1.82) is 0 Å². The van der Waals surface area contributed by atoms with Crippen LogP contribution in [-0.4, -0.2) is 23.6 Å². The van der Waals surface area contributed by atoms with Gasteiger partial charge in [0.25, 0.3) is 0 Å². The summed E-state index contributed by atoms with van der Waals surface area (Å²) in [4.78, 5) is 10.6. The second-order valence-corrected chi connectivity index (χ2v) is 5.16. The molecule has 0 saturated carbocycles. The van der Waals surface area contributed by atoms with Crippen molar-refractivity contribution in [2.24, 2.45) is 0 Å². The van der Waals surface area contributed by atoms with Crippen LogP contribution in [-0.2, 0) is 17.6 Å². The maximum Gasteiger partial charge on any atom is 0.374 e. The lowest BCUT2D eigenvalue weighted by atomic mass is 9.90. The minimum Gasteiger partial charge on any atom is -0.493 e. The molecule has 1 heterocycles. The second kappa shape index (κ2) is 4.18. The highest BCUT2D eigenvalue weighted by molar-refractivity contribution is 5.75. The number of alkyl halides is 2. The molecule has 5 heteroatoms. The molecule has 2 aliphatic rings. The van der Waals surface area contributed by atoms with Gasteiger partial charge in [-0.3, -0.25) is 0 Å². The fraction of sp³-hybridized carbons (Fsp3) is 0.500. The summed E-state index contributed by atoms with van der Waals surface area (Å²) in [6.45, 7) is 0.577. The summed E-state index contributed by atoms with van der Waals surface area (Å²) in [5.74, 6) is -5.30. The molecule has 1 aliphatic carbocycles. The number of benzene rings is 1. The fourth-order valence-electron chi connectivity index (χ4n) is 3.15. The Kier molecular flexibility index (Phi) is 2.73. The van der Waals surface area contributed by atoms with Gasteiger partial charge in [-0.2, -0.15) is 8.78 Å². The minimum atomic E-state index is -3.66. The summed E-state index contributed by atoms with van der Waals surface area (Å²) in [5, 5.41) is 8.57. The molecule has 1 atom stereocenters. The van der Waals surface area contributed by atoms with Crippen molar-refractivity contribution >= 4 is 5.97 Å². The molecule has 3 nitrogen and oxygen atoms in total. The molecule has 0 saturated heterocycles. The Morgan fingerprint density at radius 1 is 1.42 bits per heavy atom. The molecule has 0 bridgehead atoms. The number of carboxylic acids is 1. The summed E-state index contributed by atoms with van der Waals surface area (Å²) in [6, 6.07) is 3.80. The van der Waals surface area contributed by atoms with E-state index < -0.39 is 18.3 Å². The van der Waals surface area contributed by atoms with Gasteiger partial charge in [-0.25, -0.2) is 4.79 Å². The maximum atomic E-state index is 13.4. The van der Waals surface area contributed by atoms with Crippen LogP contribution in [0, 0.1) is 0 Å². The summed E-state index contributed by atoms with van der Waals surface area (Å²) >= 11 is 0. The molecule has 1 unspecified atom stereocenters. The average molecular weight is 268 g/mol. The van der Waals surface area contributed by atoms with E-state index in [1.807, 2.05) is 12.1 Å². The third-order valence-corrected chi connectivity index (χ3v) is 4.00. The molecule has 0 aromatic heterocycles. The Bertz CT molecular complexity index is 540. The number of rotatable bonds is 3. The van der Waals surface area contributed by atoms with Gasteiger partial charge in [0.05, 0.1) is 6.61 Å². The lowest BCUT2D eigenvalue weighted by molar-refractivity contribution is -0.166. The number of carboxylic acid groups (broad SMARTS) is 1. The van der Waals surface area contributed by atoms with Crippen LogP contribution in [0.25, 0.3) is 0 Å². The van der Waals surface area contributed by atoms with Crippen LogP contribution in [0.4, 0.5) is 8.78 Å². The lowest BCUT2D eigenvalue weighted by Crippen LogP contribution is -2.30. The first-order valence-electron chi connectivity index (χ1n) is 6.38. The first kappa shape index (κ1) is 12.4. The van der Waals surface area contributed by atoms with Gasteiger partial charge < -0.3 is 9.84 Å². The number of halogens is 2. The van der Waals surface area contributed by atoms with E-state index in [0.717, 1.165) is 35.3 Å². The standard InChI is InChI=1S/C14H14F2O3/c15-14(16,13(17)18)7-9-2-1-8-3-4-11-10(12(8)9)5-6-19-11/h3-4,9H,1-2,5-7H2,(H,17,18). The zero-order valence-corrected chi connectivity index (χ0v) is 10.3. The molecule has 3 rings (SSSR count). The molecule has 0 spiro atoms. The van der Waals surface area contributed by atoms with Crippen LogP contribution in [0.15, 0.2) is 12.1 Å². The van der Waals surface area contributed by atoms with Crippen molar-refractivity contribution in [1.82, 2.24) is 0 Å². The van der Waals surface area contributed by atoms with Gasteiger partial charge >= 0.3 is 11.9 Å². The van der Waals surface area contributed by atoms with Gasteiger partial charge in [0, 0.05) is 18.4 Å². The van der Waals surface area contributed by atoms with Crippen molar-refractivity contribution < 1.29 is 23.4 Å². The molecular formula is C14H14F2O3. The van der Waals surface area contributed by atoms with Crippen LogP contribution in [0.5, 0.6) is 5.75 Å². The minimum absolute atomic E-state index is 0.377. The molecule has 1 aliphatic heterocycles. The Labute approximate surface area is 109 Å². The van der Waals surface area contributed by atoms with E-state index in [1.54, 1.807) is 0 Å². The highest BCUT2D eigenvalue weighted by atomic mass is 19.3. The number of ether oxygens (including phenoxy) is 1. The molecular weight excluding hydrogens is 254 g/mol. The molecule has 1 aromatic carbocycles. The zero-order valence-electron chi connectivity index (χ0n) is 10.3. The smallest absolute Gasteiger partial charge is 0.374 e. The highest BCUT2D eigenvalue weighted by Crippen LogP contribution is 2.45. The van der Waals surface area contributed by atoms with E-state index in [-0.39, 0.29) is 5.92 Å². The number of hydrogen-bond donors (Lipinski definition) is 1. The largest absolute Gasteiger partial charge is 0.493 e. The van der Waals surface area contributed by atoms with Gasteiger partial charge in [-0.05, 0) is 36.0 Å². The molecule has 0 fully saturated rings. The first-order valence-corrected chi connectivity index (χ1v) is 6.38. The predicted molar refractivity (Wildman–Crippen MR) is 63.9 cm³/mol. The van der Waals surface area contributed by atoms with Crippen molar-refractivity contribution in [3.8, 4) is 5.75 Å². The summed E-state index contributed by atoms with van der Waals surface area (Å²) in [6.07, 6.45) is 1.44. The Morgan fingerprint density at radius 3 is 2.95 bits per heavy atom. The van der Waals surface area contributed by atoms with E-state index in [4.69, 9.17) is 9.84 Å². The van der Waals surface area contributed by atoms with E-state index in [0.29, 0.717) is 13.0 Å². The van der Waals surface area contributed by atoms with E-state index in [2.05, 4.69) is 0 Å². The van der Waals surface area contributed by atoms with Crippen molar-refractivity contribution in [2.75, 3.05) is 6.61 Å². The van der Waals surface area contributed by atoms with Crippen molar-refractivity contribution in [3.63, 3.8) is 0 Å². The number of aliphatic carboxylic acids is 1. The van der Waals surface area contributed by atoms with E-state index in [9.17, 15) is 13.6 Å². The van der Waals surface area contributed by atoms with Gasteiger partial charge in [-0.1, -0.05) is 6.07 Å². The number of fused-ring (bicyclic) bond motifs is 3. The average Bonchev–Trinajstić information content (AvgIpc) is 2.94. The summed E-state index contributed by atoms with van der Waals surface area (Å²) < 4.78 is 32.3. The van der Waals surface area contributed by atoms with Crippen LogP contribution in [0.3, 0.4) is 0 Å². The first-order chi connectivity index (χ1) is 8.99. The van der Waals surface area contributed by atoms with Gasteiger partial charge in [0.15, 0.2) is 0 Å². The topological polar surface area (TPSA) is 46.5 Å². The Morgan fingerprint density at radius 2 is 2.21 bits per heavy atom. The number of hydrogen-bond acceptors (Lipinski definition) is 2. The van der Waals surface area contributed by atoms with Crippen LogP contribution in [0.2, 0.25) is 0 Å². The monoisotopic (exact) mass is 268 g/mol. The molecule has 102 valence electrons.